The molecule has 7 heteroatoms. The van der Waals surface area contributed by atoms with Gasteiger partial charge in [0, 0.05) is 39.4 Å². The highest BCUT2D eigenvalue weighted by Crippen LogP contribution is 2.53. The predicted molar refractivity (Wildman–Crippen MR) is 260 cm³/mol. The monoisotopic (exact) mass is 842 g/mol. The number of hydrogen-bond acceptors (Lipinski definition) is 5. The summed E-state index contributed by atoms with van der Waals surface area (Å²) in [6, 6.07) is 40.5. The van der Waals surface area contributed by atoms with E-state index < -0.39 is 33.2 Å². The molecule has 0 N–H and O–H groups in total. The van der Waals surface area contributed by atoms with Gasteiger partial charge in [0.2, 0.25) is 0 Å². The van der Waals surface area contributed by atoms with Crippen LogP contribution in [0.15, 0.2) is 144 Å². The Kier molecular flexibility index (Phi) is 6.41. The minimum atomic E-state index is -2.92. The lowest BCUT2D eigenvalue weighted by Gasteiger charge is -2.40. The van der Waals surface area contributed by atoms with Crippen LogP contribution in [0.3, 0.4) is 0 Å². The highest BCUT2D eigenvalue weighted by atomic mass is 28.3. The SMILES string of the molecule is [2H]C([2H])([2H])c1cc2c(cc1-c1c(C([2H])([2H])C)ccc3c1oc1nc4ccccc4n13)[Si](C)(C)C(C)(C)c1ccc(C([2H])([2H])[2H])c(-c3ccc4c(c3)-c3ccccc3-c3ncncc3-c3ccccc3-4)c1O2. The Morgan fingerprint density at radius 3 is 2.22 bits per heavy atom. The molecule has 0 spiro atoms. The molecule has 2 aliphatic rings. The number of aromatic nitrogens is 4. The average molecular weight is 843 g/mol. The van der Waals surface area contributed by atoms with Gasteiger partial charge in [-0.15, -0.1) is 0 Å². The van der Waals surface area contributed by atoms with E-state index >= 15 is 0 Å². The van der Waals surface area contributed by atoms with Gasteiger partial charge in [-0.25, -0.2) is 9.97 Å². The fraction of sp³-hybridized carbons (Fsp3) is 0.161. The third-order valence-electron chi connectivity index (χ3n) is 14.0. The number of fused-ring (bicyclic) bond motifs is 15. The lowest BCUT2D eigenvalue weighted by molar-refractivity contribution is 0.478. The first-order chi connectivity index (χ1) is 33.6. The molecule has 7 aromatic carbocycles. The van der Waals surface area contributed by atoms with Crippen molar-refractivity contribution in [1.29, 1.82) is 0 Å². The van der Waals surface area contributed by atoms with Crippen molar-refractivity contribution in [1.82, 2.24) is 19.4 Å². The summed E-state index contributed by atoms with van der Waals surface area (Å²) in [7, 11) is -2.92. The number of oxazole rings is 1. The number of hydrogen-bond donors (Lipinski definition) is 0. The van der Waals surface area contributed by atoms with Crippen LogP contribution in [0.1, 0.15) is 54.0 Å². The van der Waals surface area contributed by atoms with Gasteiger partial charge in [0.15, 0.2) is 5.58 Å². The molecular weight excluding hydrogens is 789 g/mol. The van der Waals surface area contributed by atoms with E-state index in [1.165, 1.54) is 6.92 Å². The molecular formula is C56H46N4O2Si. The zero-order valence-corrected chi connectivity index (χ0v) is 36.4. The maximum atomic E-state index is 9.11. The predicted octanol–water partition coefficient (Wildman–Crippen LogP) is 14.1. The Bertz CT molecular complexity index is 3890. The van der Waals surface area contributed by atoms with Gasteiger partial charge in [0.05, 0.1) is 30.3 Å². The first kappa shape index (κ1) is 30.0. The molecule has 0 unspecified atom stereocenters. The Labute approximate surface area is 379 Å². The molecule has 0 amide bonds. The standard InChI is InChI=1S/C56H46N4O2Si/c1-8-34-23-26-47-54(62-55-59-45-19-13-14-20-46(45)60(47)55)51(34)41-29-49-48(27-33(41)3)61-53-44(56(4,5)63(49,6)7)25-21-32(2)50(53)35-22-24-39-36-15-9-10-16-37(36)43-30-57-31-58-52(43)40-18-12-11-17-38(40)42(39)28-35/h9-31H,8H2,1-7H3/i2D3,3D3,8D2. The molecule has 0 saturated heterocycles. The molecule has 306 valence electrons. The van der Waals surface area contributed by atoms with Crippen LogP contribution in [0, 0.1) is 13.7 Å². The molecule has 63 heavy (non-hydrogen) atoms. The quantitative estimate of drug-likeness (QED) is 0.166. The van der Waals surface area contributed by atoms with Gasteiger partial charge in [-0.3, -0.25) is 4.40 Å². The van der Waals surface area contributed by atoms with Gasteiger partial charge in [-0.2, -0.15) is 4.98 Å². The van der Waals surface area contributed by atoms with Crippen molar-refractivity contribution in [3.8, 4) is 78.4 Å². The summed E-state index contributed by atoms with van der Waals surface area (Å²) in [5.74, 6) is 0.952. The van der Waals surface area contributed by atoms with E-state index in [1.807, 2.05) is 95.5 Å². The number of rotatable bonds is 3. The summed E-state index contributed by atoms with van der Waals surface area (Å²) < 4.78 is 88.3. The van der Waals surface area contributed by atoms with Crippen molar-refractivity contribution in [3.05, 3.63) is 162 Å². The highest BCUT2D eigenvalue weighted by Gasteiger charge is 2.48. The second-order valence-electron chi connectivity index (χ2n) is 17.7. The highest BCUT2D eigenvalue weighted by molar-refractivity contribution is 6.92. The summed E-state index contributed by atoms with van der Waals surface area (Å²) in [6.07, 6.45) is 1.48. The molecule has 0 atom stereocenters. The molecule has 0 saturated carbocycles. The molecule has 12 rings (SSSR count). The summed E-state index contributed by atoms with van der Waals surface area (Å²) in [4.78, 5) is 14.0. The van der Waals surface area contributed by atoms with Crippen LogP contribution < -0.4 is 9.92 Å². The number of nitrogens with zero attached hydrogens (tertiary/aromatic N) is 4. The number of aryl methyl sites for hydroxylation is 3. The second-order valence-corrected chi connectivity index (χ2v) is 22.7. The fourth-order valence-corrected chi connectivity index (χ4v) is 12.9. The Balaban J connectivity index is 1.13. The smallest absolute Gasteiger partial charge is 0.307 e. The maximum Gasteiger partial charge on any atom is 0.307 e. The third kappa shape index (κ3) is 5.26. The minimum absolute atomic E-state index is 0.0619. The zero-order chi connectivity index (χ0) is 49.7. The van der Waals surface area contributed by atoms with E-state index in [2.05, 4.69) is 50.1 Å². The van der Waals surface area contributed by atoms with Crippen molar-refractivity contribution >= 4 is 41.2 Å². The number of para-hydroxylation sites is 2. The topological polar surface area (TPSA) is 65.5 Å². The molecule has 1 aliphatic heterocycles. The fourth-order valence-electron chi connectivity index (χ4n) is 10.1. The number of ether oxygens (including phenoxy) is 1. The minimum Gasteiger partial charge on any atom is -0.457 e. The van der Waals surface area contributed by atoms with E-state index in [0.29, 0.717) is 50.7 Å². The normalized spacial score (nSPS) is 16.9. The summed E-state index contributed by atoms with van der Waals surface area (Å²) in [5, 5.41) is 0.125. The Morgan fingerprint density at radius 1 is 0.698 bits per heavy atom. The van der Waals surface area contributed by atoms with Crippen LogP contribution in [-0.2, 0) is 11.4 Å². The van der Waals surface area contributed by atoms with Crippen molar-refractivity contribution in [3.63, 3.8) is 0 Å². The number of benzene rings is 7. The van der Waals surface area contributed by atoms with Crippen molar-refractivity contribution in [2.75, 3.05) is 0 Å². The maximum absolute atomic E-state index is 9.11. The lowest BCUT2D eigenvalue weighted by atomic mass is 9.81. The molecule has 3 aromatic heterocycles. The molecule has 1 aliphatic carbocycles. The van der Waals surface area contributed by atoms with Gasteiger partial charge in [-0.1, -0.05) is 131 Å². The summed E-state index contributed by atoms with van der Waals surface area (Å²) in [5.41, 5.74) is 12.4. The van der Waals surface area contributed by atoms with Gasteiger partial charge in [0.25, 0.3) is 0 Å². The van der Waals surface area contributed by atoms with E-state index in [-0.39, 0.29) is 16.7 Å². The van der Waals surface area contributed by atoms with E-state index in [4.69, 9.17) is 30.1 Å². The third-order valence-corrected chi connectivity index (χ3v) is 19.2. The van der Waals surface area contributed by atoms with Crippen molar-refractivity contribution < 1.29 is 20.1 Å². The van der Waals surface area contributed by atoms with Gasteiger partial charge < -0.3 is 9.15 Å². The molecule has 0 bridgehead atoms. The molecule has 0 fully saturated rings. The molecule has 10 aromatic rings. The van der Waals surface area contributed by atoms with Crippen LogP contribution >= 0.6 is 0 Å². The molecule has 4 heterocycles. The first-order valence-electron chi connectivity index (χ1n) is 25.2. The van der Waals surface area contributed by atoms with E-state index in [1.54, 1.807) is 30.6 Å². The van der Waals surface area contributed by atoms with Gasteiger partial charge in [-0.05, 0) is 122 Å². The van der Waals surface area contributed by atoms with Crippen LogP contribution in [-0.4, -0.2) is 27.4 Å². The molecule has 6 nitrogen and oxygen atoms in total. The largest absolute Gasteiger partial charge is 0.457 e. The van der Waals surface area contributed by atoms with Crippen LogP contribution in [0.25, 0.3) is 94.9 Å². The Morgan fingerprint density at radius 2 is 1.43 bits per heavy atom. The second kappa shape index (κ2) is 13.5. The van der Waals surface area contributed by atoms with E-state index in [9.17, 15) is 0 Å². The molecule has 0 radical (unpaired) electrons. The average Bonchev–Trinajstić information content (AvgIpc) is 3.86. The van der Waals surface area contributed by atoms with Crippen LogP contribution in [0.2, 0.25) is 13.1 Å². The van der Waals surface area contributed by atoms with Crippen molar-refractivity contribution in [2.45, 2.75) is 59.0 Å². The lowest BCUT2D eigenvalue weighted by Crippen LogP contribution is -2.56. The van der Waals surface area contributed by atoms with Gasteiger partial charge in [0.1, 0.15) is 17.8 Å². The van der Waals surface area contributed by atoms with E-state index in [0.717, 1.165) is 66.4 Å². The Hall–Kier alpha value is -7.09. The summed E-state index contributed by atoms with van der Waals surface area (Å²) in [6.45, 7) is 4.90. The first-order valence-corrected chi connectivity index (χ1v) is 24.2. The van der Waals surface area contributed by atoms with Crippen LogP contribution in [0.4, 0.5) is 0 Å². The van der Waals surface area contributed by atoms with Gasteiger partial charge >= 0.3 is 5.84 Å². The summed E-state index contributed by atoms with van der Waals surface area (Å²) >= 11 is 0. The zero-order valence-electron chi connectivity index (χ0n) is 43.4. The number of imidazole rings is 1. The van der Waals surface area contributed by atoms with Crippen molar-refractivity contribution in [2.24, 2.45) is 0 Å². The van der Waals surface area contributed by atoms with Crippen LogP contribution in [0.5, 0.6) is 11.5 Å².